The van der Waals surface area contributed by atoms with Crippen LogP contribution in [0, 0.1) is 6.92 Å². The van der Waals surface area contributed by atoms with Crippen LogP contribution in [0.2, 0.25) is 0 Å². The topological polar surface area (TPSA) is 77.0 Å². The lowest BCUT2D eigenvalue weighted by Crippen LogP contribution is -2.17. The first kappa shape index (κ1) is 19.8. The van der Waals surface area contributed by atoms with Gasteiger partial charge in [-0.15, -0.1) is 11.3 Å². The third-order valence-corrected chi connectivity index (χ3v) is 7.07. The molecule has 1 aliphatic rings. The first-order valence-electron chi connectivity index (χ1n) is 10.5. The minimum absolute atomic E-state index is 0.0588. The summed E-state index contributed by atoms with van der Waals surface area (Å²) in [5.74, 6) is 0.345. The Kier molecular flexibility index (Phi) is 4.78. The van der Waals surface area contributed by atoms with Crippen LogP contribution in [-0.4, -0.2) is 28.6 Å². The molecule has 0 bridgehead atoms. The normalized spacial score (nSPS) is 16.6. The molecule has 2 N–H and O–H groups in total. The molecule has 0 spiro atoms. The Morgan fingerprint density at radius 2 is 2.00 bits per heavy atom. The van der Waals surface area contributed by atoms with Crippen LogP contribution in [0.15, 0.2) is 53.2 Å². The molecule has 6 nitrogen and oxygen atoms in total. The molecule has 0 saturated carbocycles. The number of aromatic nitrogens is 3. The molecule has 0 aliphatic heterocycles. The summed E-state index contributed by atoms with van der Waals surface area (Å²) in [5.41, 5.74) is 11.7. The maximum atomic E-state index is 13.4. The Bertz CT molecular complexity index is 1380. The van der Waals surface area contributed by atoms with E-state index in [1.807, 2.05) is 45.3 Å². The van der Waals surface area contributed by atoms with Gasteiger partial charge in [-0.1, -0.05) is 23.8 Å². The number of rotatable bonds is 3. The van der Waals surface area contributed by atoms with Crippen molar-refractivity contribution in [2.75, 3.05) is 19.0 Å². The van der Waals surface area contributed by atoms with E-state index < -0.39 is 0 Å². The highest BCUT2D eigenvalue weighted by Crippen LogP contribution is 2.39. The maximum absolute atomic E-state index is 13.4. The van der Waals surface area contributed by atoms with Crippen LogP contribution < -0.4 is 16.2 Å². The zero-order valence-corrected chi connectivity index (χ0v) is 18.7. The molecule has 7 heteroatoms. The number of anilines is 1. The molecule has 0 amide bonds. The predicted molar refractivity (Wildman–Crippen MR) is 128 cm³/mol. The number of hydrogen-bond acceptors (Lipinski definition) is 6. The summed E-state index contributed by atoms with van der Waals surface area (Å²) in [5, 5.41) is 0.952. The van der Waals surface area contributed by atoms with Crippen molar-refractivity contribution in [1.29, 1.82) is 0 Å². The highest BCUT2D eigenvalue weighted by molar-refractivity contribution is 7.25. The number of pyridine rings is 1. The fraction of sp³-hybridized carbons (Fsp3) is 0.292. The number of nitrogens with zero attached hydrogens (tertiary/aromatic N) is 4. The van der Waals surface area contributed by atoms with Gasteiger partial charge in [0.15, 0.2) is 0 Å². The summed E-state index contributed by atoms with van der Waals surface area (Å²) in [6, 6.07) is 10.0. The summed E-state index contributed by atoms with van der Waals surface area (Å²) in [6.45, 7) is 2.03. The Morgan fingerprint density at radius 1 is 1.23 bits per heavy atom. The lowest BCUT2D eigenvalue weighted by Gasteiger charge is -2.22. The van der Waals surface area contributed by atoms with E-state index in [2.05, 4.69) is 17.0 Å². The molecule has 1 aliphatic carbocycles. The second-order valence-corrected chi connectivity index (χ2v) is 9.43. The molecule has 0 fully saturated rings. The van der Waals surface area contributed by atoms with Gasteiger partial charge in [-0.05, 0) is 44.4 Å². The Labute approximate surface area is 184 Å². The summed E-state index contributed by atoms with van der Waals surface area (Å²) < 4.78 is 2.25. The number of thiophene rings is 1. The van der Waals surface area contributed by atoms with Gasteiger partial charge in [0.2, 0.25) is 0 Å². The fourth-order valence-electron chi connectivity index (χ4n) is 4.20. The van der Waals surface area contributed by atoms with Gasteiger partial charge in [0.25, 0.3) is 5.56 Å². The van der Waals surface area contributed by atoms with E-state index >= 15 is 0 Å². The van der Waals surface area contributed by atoms with Crippen molar-refractivity contribution in [3.63, 3.8) is 0 Å². The number of nitrogens with two attached hydrogens (primary N) is 1. The molecule has 3 heterocycles. The van der Waals surface area contributed by atoms with Crippen LogP contribution in [0.25, 0.3) is 26.1 Å². The van der Waals surface area contributed by atoms with E-state index in [0.717, 1.165) is 63.3 Å². The molecule has 0 saturated heterocycles. The molecule has 5 rings (SSSR count). The van der Waals surface area contributed by atoms with E-state index in [9.17, 15) is 4.79 Å². The maximum Gasteiger partial charge on any atom is 0.275 e. The van der Waals surface area contributed by atoms with Crippen molar-refractivity contribution in [2.24, 2.45) is 5.73 Å². The third-order valence-electron chi connectivity index (χ3n) is 6.01. The average molecular weight is 432 g/mol. The van der Waals surface area contributed by atoms with E-state index in [1.54, 1.807) is 10.9 Å². The van der Waals surface area contributed by atoms with Crippen LogP contribution >= 0.6 is 11.3 Å². The van der Waals surface area contributed by atoms with Gasteiger partial charge < -0.3 is 10.6 Å². The van der Waals surface area contributed by atoms with Crippen LogP contribution in [-0.2, 0) is 0 Å². The fourth-order valence-corrected chi connectivity index (χ4v) is 5.29. The van der Waals surface area contributed by atoms with Gasteiger partial charge in [0.05, 0.1) is 16.8 Å². The molecular weight excluding hydrogens is 406 g/mol. The van der Waals surface area contributed by atoms with Crippen LogP contribution in [0.1, 0.15) is 36.4 Å². The van der Waals surface area contributed by atoms with E-state index in [4.69, 9.17) is 15.7 Å². The largest absolute Gasteiger partial charge is 0.402 e. The van der Waals surface area contributed by atoms with E-state index in [-0.39, 0.29) is 5.56 Å². The first-order valence-corrected chi connectivity index (χ1v) is 11.3. The molecule has 158 valence electrons. The zero-order valence-electron chi connectivity index (χ0n) is 17.9. The van der Waals surface area contributed by atoms with Crippen molar-refractivity contribution in [1.82, 2.24) is 14.5 Å². The van der Waals surface area contributed by atoms with Crippen molar-refractivity contribution in [3.8, 4) is 5.69 Å². The minimum atomic E-state index is -0.0588. The number of aryl methyl sites for hydroxylation is 1. The van der Waals surface area contributed by atoms with Gasteiger partial charge in [-0.2, -0.15) is 0 Å². The number of allylic oxidation sites excluding steroid dienone is 2. The van der Waals surface area contributed by atoms with Gasteiger partial charge in [0, 0.05) is 31.4 Å². The Balaban J connectivity index is 1.71. The SMILES string of the molecule is Cc1ccc(-n2cnc3c(sc4nc(C5CC=C(N)CC5)cc(N(C)C)c43)c2=O)cc1. The number of benzene rings is 1. The highest BCUT2D eigenvalue weighted by atomic mass is 32.1. The van der Waals surface area contributed by atoms with Gasteiger partial charge in [-0.25, -0.2) is 9.97 Å². The lowest BCUT2D eigenvalue weighted by molar-refractivity contribution is 0.584. The van der Waals surface area contributed by atoms with Gasteiger partial charge in [0.1, 0.15) is 21.4 Å². The van der Waals surface area contributed by atoms with Crippen molar-refractivity contribution in [3.05, 3.63) is 70.0 Å². The standard InChI is InChI=1S/C24H25N5OS/c1-14-4-10-17(11-5-14)29-13-26-21-20-19(28(2)3)12-18(15-6-8-16(25)9-7-15)27-23(20)31-22(21)24(29)30/h4-5,8,10-13,15H,6-7,9,25H2,1-3H3. The van der Waals surface area contributed by atoms with E-state index in [0.29, 0.717) is 10.6 Å². The lowest BCUT2D eigenvalue weighted by atomic mass is 9.89. The molecule has 3 aromatic heterocycles. The monoisotopic (exact) mass is 431 g/mol. The van der Waals surface area contributed by atoms with Crippen molar-refractivity contribution in [2.45, 2.75) is 32.1 Å². The molecule has 31 heavy (non-hydrogen) atoms. The van der Waals surface area contributed by atoms with Crippen LogP contribution in [0.5, 0.6) is 0 Å². The number of fused-ring (bicyclic) bond motifs is 3. The zero-order chi connectivity index (χ0) is 21.7. The summed E-state index contributed by atoms with van der Waals surface area (Å²) in [7, 11) is 4.04. The Hall–Kier alpha value is -3.19. The summed E-state index contributed by atoms with van der Waals surface area (Å²) in [4.78, 5) is 26.0. The summed E-state index contributed by atoms with van der Waals surface area (Å²) in [6.07, 6.45) is 6.54. The summed E-state index contributed by atoms with van der Waals surface area (Å²) >= 11 is 1.44. The quantitative estimate of drug-likeness (QED) is 0.518. The molecule has 1 aromatic carbocycles. The molecule has 0 radical (unpaired) electrons. The van der Waals surface area contributed by atoms with Crippen LogP contribution in [0.3, 0.4) is 0 Å². The minimum Gasteiger partial charge on any atom is -0.402 e. The van der Waals surface area contributed by atoms with Gasteiger partial charge >= 0.3 is 0 Å². The van der Waals surface area contributed by atoms with Crippen molar-refractivity contribution < 1.29 is 0 Å². The number of hydrogen-bond donors (Lipinski definition) is 1. The smallest absolute Gasteiger partial charge is 0.275 e. The molecule has 1 atom stereocenters. The average Bonchev–Trinajstić information content (AvgIpc) is 3.14. The van der Waals surface area contributed by atoms with Crippen LogP contribution in [0.4, 0.5) is 5.69 Å². The molecule has 1 unspecified atom stereocenters. The van der Waals surface area contributed by atoms with Crippen molar-refractivity contribution >= 4 is 37.5 Å². The second-order valence-electron chi connectivity index (χ2n) is 8.43. The third kappa shape index (κ3) is 3.39. The first-order chi connectivity index (χ1) is 14.9. The highest BCUT2D eigenvalue weighted by Gasteiger charge is 2.22. The van der Waals surface area contributed by atoms with E-state index in [1.165, 1.54) is 11.3 Å². The second kappa shape index (κ2) is 7.50. The Morgan fingerprint density at radius 3 is 2.68 bits per heavy atom. The molecule has 4 aromatic rings. The molecular formula is C24H25N5OS. The van der Waals surface area contributed by atoms with Gasteiger partial charge in [-0.3, -0.25) is 9.36 Å². The predicted octanol–water partition coefficient (Wildman–Crippen LogP) is 4.48.